The van der Waals surface area contributed by atoms with Crippen molar-refractivity contribution in [3.63, 3.8) is 0 Å². The van der Waals surface area contributed by atoms with E-state index in [9.17, 15) is 0 Å². The minimum Gasteiger partial charge on any atom is -0.374 e. The summed E-state index contributed by atoms with van der Waals surface area (Å²) in [4.78, 5) is 8.97. The molecule has 0 radical (unpaired) electrons. The van der Waals surface area contributed by atoms with Gasteiger partial charge in [0.25, 0.3) is 0 Å². The molecule has 0 fully saturated rings. The predicted molar refractivity (Wildman–Crippen MR) is 73.2 cm³/mol. The standard InChI is InChI=1S/C12H20BrN3O/c1-4-7-9-11(13)12(14-5-2)16-10(15-9)8-17-6-3/h4-8H2,1-3H3,(H,14,15,16). The minimum absolute atomic E-state index is 0.471. The Morgan fingerprint density at radius 1 is 1.24 bits per heavy atom. The molecule has 0 spiro atoms. The highest BCUT2D eigenvalue weighted by molar-refractivity contribution is 9.10. The molecule has 4 nitrogen and oxygen atoms in total. The maximum atomic E-state index is 5.36. The fraction of sp³-hybridized carbons (Fsp3) is 0.667. The highest BCUT2D eigenvalue weighted by Crippen LogP contribution is 2.24. The summed E-state index contributed by atoms with van der Waals surface area (Å²) in [6.07, 6.45) is 2.01. The molecule has 1 N–H and O–H groups in total. The molecule has 1 aromatic heterocycles. The van der Waals surface area contributed by atoms with Gasteiger partial charge in [0.2, 0.25) is 0 Å². The maximum Gasteiger partial charge on any atom is 0.156 e. The van der Waals surface area contributed by atoms with Crippen LogP contribution in [0.1, 0.15) is 38.7 Å². The van der Waals surface area contributed by atoms with Crippen molar-refractivity contribution in [3.05, 3.63) is 16.0 Å². The number of hydrogen-bond acceptors (Lipinski definition) is 4. The molecule has 0 aliphatic carbocycles. The van der Waals surface area contributed by atoms with Crippen molar-refractivity contribution in [1.29, 1.82) is 0 Å². The van der Waals surface area contributed by atoms with Gasteiger partial charge in [0.05, 0.1) is 10.2 Å². The van der Waals surface area contributed by atoms with Crippen molar-refractivity contribution < 1.29 is 4.74 Å². The smallest absolute Gasteiger partial charge is 0.156 e. The van der Waals surface area contributed by atoms with E-state index in [0.29, 0.717) is 13.2 Å². The number of halogens is 1. The first-order valence-electron chi connectivity index (χ1n) is 6.09. The highest BCUT2D eigenvalue weighted by atomic mass is 79.9. The summed E-state index contributed by atoms with van der Waals surface area (Å²) >= 11 is 3.56. The van der Waals surface area contributed by atoms with Crippen LogP contribution in [0.2, 0.25) is 0 Å². The quantitative estimate of drug-likeness (QED) is 0.840. The first-order valence-corrected chi connectivity index (χ1v) is 6.89. The van der Waals surface area contributed by atoms with Crippen molar-refractivity contribution in [2.45, 2.75) is 40.2 Å². The van der Waals surface area contributed by atoms with Crippen LogP contribution in [0.4, 0.5) is 5.82 Å². The Hall–Kier alpha value is -0.680. The molecule has 0 amide bonds. The minimum atomic E-state index is 0.471. The summed E-state index contributed by atoms with van der Waals surface area (Å²) in [5, 5.41) is 3.24. The zero-order valence-corrected chi connectivity index (χ0v) is 12.3. The summed E-state index contributed by atoms with van der Waals surface area (Å²) in [5.41, 5.74) is 1.05. The van der Waals surface area contributed by atoms with Gasteiger partial charge in [-0.05, 0) is 36.2 Å². The second-order valence-corrected chi connectivity index (χ2v) is 4.46. The van der Waals surface area contributed by atoms with Gasteiger partial charge in [-0.2, -0.15) is 0 Å². The van der Waals surface area contributed by atoms with E-state index in [2.05, 4.69) is 45.1 Å². The molecule has 0 aliphatic heterocycles. The SMILES string of the molecule is CCCc1nc(COCC)nc(NCC)c1Br. The molecular weight excluding hydrogens is 282 g/mol. The second kappa shape index (κ2) is 7.61. The van der Waals surface area contributed by atoms with Gasteiger partial charge in [-0.15, -0.1) is 0 Å². The maximum absolute atomic E-state index is 5.36. The number of hydrogen-bond donors (Lipinski definition) is 1. The summed E-state index contributed by atoms with van der Waals surface area (Å²) in [6, 6.07) is 0. The fourth-order valence-electron chi connectivity index (χ4n) is 1.49. The number of ether oxygens (including phenoxy) is 1. The molecule has 0 bridgehead atoms. The average Bonchev–Trinajstić information content (AvgIpc) is 2.32. The van der Waals surface area contributed by atoms with Gasteiger partial charge >= 0.3 is 0 Å². The molecule has 1 rings (SSSR count). The van der Waals surface area contributed by atoms with E-state index in [1.165, 1.54) is 0 Å². The van der Waals surface area contributed by atoms with Crippen LogP contribution in [0.25, 0.3) is 0 Å². The van der Waals surface area contributed by atoms with Gasteiger partial charge in [0, 0.05) is 13.2 Å². The zero-order valence-electron chi connectivity index (χ0n) is 10.7. The molecule has 96 valence electrons. The van der Waals surface area contributed by atoms with Crippen LogP contribution >= 0.6 is 15.9 Å². The molecule has 1 aromatic rings. The molecule has 5 heteroatoms. The third-order valence-electron chi connectivity index (χ3n) is 2.23. The molecule has 17 heavy (non-hydrogen) atoms. The lowest BCUT2D eigenvalue weighted by Crippen LogP contribution is -2.09. The van der Waals surface area contributed by atoms with Gasteiger partial charge in [-0.25, -0.2) is 9.97 Å². The Morgan fingerprint density at radius 2 is 2.00 bits per heavy atom. The van der Waals surface area contributed by atoms with E-state index in [0.717, 1.165) is 41.2 Å². The Morgan fingerprint density at radius 3 is 2.59 bits per heavy atom. The van der Waals surface area contributed by atoms with Crippen molar-refractivity contribution in [3.8, 4) is 0 Å². The van der Waals surface area contributed by atoms with Crippen LogP contribution in [0.5, 0.6) is 0 Å². The van der Waals surface area contributed by atoms with Crippen molar-refractivity contribution in [2.24, 2.45) is 0 Å². The first-order chi connectivity index (χ1) is 8.22. The number of nitrogens with zero attached hydrogens (tertiary/aromatic N) is 2. The molecule has 0 unspecified atom stereocenters. The van der Waals surface area contributed by atoms with E-state index >= 15 is 0 Å². The van der Waals surface area contributed by atoms with Crippen LogP contribution < -0.4 is 5.32 Å². The topological polar surface area (TPSA) is 47.0 Å². The van der Waals surface area contributed by atoms with Crippen LogP contribution in [-0.2, 0) is 17.8 Å². The Bertz CT molecular complexity index is 331. The van der Waals surface area contributed by atoms with E-state index in [-0.39, 0.29) is 0 Å². The number of aromatic nitrogens is 2. The Labute approximate surface area is 111 Å². The molecule has 0 saturated carbocycles. The van der Waals surface area contributed by atoms with Gasteiger partial charge in [0.1, 0.15) is 12.4 Å². The van der Waals surface area contributed by atoms with E-state index in [4.69, 9.17) is 4.74 Å². The lowest BCUT2D eigenvalue weighted by atomic mass is 10.2. The predicted octanol–water partition coefficient (Wildman–Crippen LogP) is 3.16. The lowest BCUT2D eigenvalue weighted by Gasteiger charge is -2.11. The van der Waals surface area contributed by atoms with Gasteiger partial charge in [0.15, 0.2) is 5.82 Å². The lowest BCUT2D eigenvalue weighted by molar-refractivity contribution is 0.128. The molecule has 1 heterocycles. The Balaban J connectivity index is 2.98. The third kappa shape index (κ3) is 4.24. The van der Waals surface area contributed by atoms with Crippen LogP contribution in [0.15, 0.2) is 4.47 Å². The van der Waals surface area contributed by atoms with Crippen molar-refractivity contribution in [1.82, 2.24) is 9.97 Å². The zero-order chi connectivity index (χ0) is 12.7. The molecule has 0 saturated heterocycles. The van der Waals surface area contributed by atoms with Crippen molar-refractivity contribution >= 4 is 21.7 Å². The van der Waals surface area contributed by atoms with E-state index in [1.54, 1.807) is 0 Å². The third-order valence-corrected chi connectivity index (χ3v) is 3.07. The summed E-state index contributed by atoms with van der Waals surface area (Å²) < 4.78 is 6.33. The number of anilines is 1. The summed E-state index contributed by atoms with van der Waals surface area (Å²) in [6.45, 7) is 8.16. The molecular formula is C12H20BrN3O. The monoisotopic (exact) mass is 301 g/mol. The number of rotatable bonds is 7. The average molecular weight is 302 g/mol. The van der Waals surface area contributed by atoms with Crippen LogP contribution in [0, 0.1) is 0 Å². The largest absolute Gasteiger partial charge is 0.374 e. The van der Waals surface area contributed by atoms with Crippen LogP contribution in [0.3, 0.4) is 0 Å². The fourth-order valence-corrected chi connectivity index (χ4v) is 2.01. The van der Waals surface area contributed by atoms with E-state index < -0.39 is 0 Å². The van der Waals surface area contributed by atoms with Crippen LogP contribution in [-0.4, -0.2) is 23.1 Å². The van der Waals surface area contributed by atoms with Gasteiger partial charge in [-0.1, -0.05) is 13.3 Å². The first kappa shape index (κ1) is 14.4. The normalized spacial score (nSPS) is 10.6. The summed E-state index contributed by atoms with van der Waals surface area (Å²) in [5.74, 6) is 1.61. The summed E-state index contributed by atoms with van der Waals surface area (Å²) in [7, 11) is 0. The van der Waals surface area contributed by atoms with Gasteiger partial charge < -0.3 is 10.1 Å². The highest BCUT2D eigenvalue weighted by Gasteiger charge is 2.11. The number of aryl methyl sites for hydroxylation is 1. The molecule has 0 atom stereocenters. The van der Waals surface area contributed by atoms with Crippen molar-refractivity contribution in [2.75, 3.05) is 18.5 Å². The molecule has 0 aromatic carbocycles. The Kier molecular flexibility index (Phi) is 6.44. The van der Waals surface area contributed by atoms with E-state index in [1.807, 2.05) is 6.92 Å². The second-order valence-electron chi connectivity index (χ2n) is 3.67. The molecule has 0 aliphatic rings. The number of nitrogens with one attached hydrogen (secondary N) is 1. The van der Waals surface area contributed by atoms with Gasteiger partial charge in [-0.3, -0.25) is 0 Å².